The number of sulfonamides is 1. The maximum atomic E-state index is 12.9. The van der Waals surface area contributed by atoms with E-state index in [0.29, 0.717) is 32.0 Å². The molecule has 25 heavy (non-hydrogen) atoms. The highest BCUT2D eigenvalue weighted by molar-refractivity contribution is 7.88. The van der Waals surface area contributed by atoms with E-state index < -0.39 is 21.4 Å². The van der Waals surface area contributed by atoms with Crippen molar-refractivity contribution in [2.75, 3.05) is 45.6 Å². The topological polar surface area (TPSA) is 87.2 Å². The normalized spacial score (nSPS) is 27.4. The number of ether oxygens (including phenoxy) is 1. The molecule has 7 nitrogen and oxygen atoms in total. The van der Waals surface area contributed by atoms with E-state index in [9.17, 15) is 22.7 Å². The van der Waals surface area contributed by atoms with Crippen molar-refractivity contribution in [1.82, 2.24) is 9.21 Å². The molecule has 2 aliphatic heterocycles. The van der Waals surface area contributed by atoms with Crippen LogP contribution in [0.3, 0.4) is 0 Å². The van der Waals surface area contributed by atoms with Crippen molar-refractivity contribution in [3.8, 4) is 5.75 Å². The lowest BCUT2D eigenvalue weighted by Crippen LogP contribution is -2.42. The minimum Gasteiger partial charge on any atom is -0.492 e. The van der Waals surface area contributed by atoms with Crippen molar-refractivity contribution >= 4 is 16.0 Å². The van der Waals surface area contributed by atoms with Gasteiger partial charge < -0.3 is 9.84 Å². The molecule has 0 saturated carbocycles. The Hall–Kier alpha value is -1.71. The number of aliphatic carboxylic acids is 1. The van der Waals surface area contributed by atoms with Crippen LogP contribution in [-0.2, 0) is 14.8 Å². The van der Waals surface area contributed by atoms with Gasteiger partial charge in [0, 0.05) is 38.6 Å². The lowest BCUT2D eigenvalue weighted by molar-refractivity contribution is -0.148. The summed E-state index contributed by atoms with van der Waals surface area (Å²) in [6, 6.07) is 5.71. The Morgan fingerprint density at radius 2 is 2.00 bits per heavy atom. The van der Waals surface area contributed by atoms with E-state index in [2.05, 4.69) is 0 Å². The molecule has 2 heterocycles. The van der Waals surface area contributed by atoms with Gasteiger partial charge in [0.2, 0.25) is 10.0 Å². The maximum Gasteiger partial charge on any atom is 0.312 e. The van der Waals surface area contributed by atoms with E-state index in [1.54, 1.807) is 0 Å². The molecule has 0 bridgehead atoms. The molecule has 138 valence electrons. The quantitative estimate of drug-likeness (QED) is 0.782. The summed E-state index contributed by atoms with van der Waals surface area (Å²) in [6.07, 6.45) is 1.11. The number of benzene rings is 1. The lowest BCUT2D eigenvalue weighted by atomic mass is 9.81. The minimum absolute atomic E-state index is 0.0150. The van der Waals surface area contributed by atoms with E-state index in [4.69, 9.17) is 4.74 Å². The predicted octanol–water partition coefficient (Wildman–Crippen LogP) is 0.482. The maximum absolute atomic E-state index is 12.9. The molecule has 0 spiro atoms. The van der Waals surface area contributed by atoms with Crippen LogP contribution in [0.15, 0.2) is 24.3 Å². The first kappa shape index (κ1) is 18.1. The number of carbonyl (C=O) groups is 1. The van der Waals surface area contributed by atoms with Crippen LogP contribution >= 0.6 is 0 Å². The number of carboxylic acid groups (broad SMARTS) is 1. The fraction of sp³-hybridized carbons (Fsp3) is 0.562. The largest absolute Gasteiger partial charge is 0.492 e. The number of halogens is 1. The van der Waals surface area contributed by atoms with Crippen molar-refractivity contribution < 1.29 is 27.4 Å². The molecule has 2 saturated heterocycles. The first-order chi connectivity index (χ1) is 11.7. The lowest BCUT2D eigenvalue weighted by Gasteiger charge is -2.24. The van der Waals surface area contributed by atoms with Gasteiger partial charge in [-0.15, -0.1) is 0 Å². The van der Waals surface area contributed by atoms with Gasteiger partial charge in [0.25, 0.3) is 0 Å². The zero-order valence-corrected chi connectivity index (χ0v) is 14.7. The molecule has 2 atom stereocenters. The van der Waals surface area contributed by atoms with Crippen molar-refractivity contribution in [2.24, 2.45) is 11.3 Å². The Morgan fingerprint density at radius 1 is 1.32 bits per heavy atom. The van der Waals surface area contributed by atoms with Crippen LogP contribution in [0.1, 0.15) is 0 Å². The number of fused-ring (bicyclic) bond motifs is 1. The number of rotatable bonds is 6. The molecule has 2 fully saturated rings. The average Bonchev–Trinajstić information content (AvgIpc) is 3.04. The second-order valence-electron chi connectivity index (χ2n) is 6.75. The van der Waals surface area contributed by atoms with E-state index in [-0.39, 0.29) is 24.8 Å². The molecule has 0 amide bonds. The molecule has 0 radical (unpaired) electrons. The first-order valence-corrected chi connectivity index (χ1v) is 9.85. The molecule has 3 rings (SSSR count). The molecule has 1 N–H and O–H groups in total. The van der Waals surface area contributed by atoms with Crippen LogP contribution in [0, 0.1) is 17.2 Å². The van der Waals surface area contributed by atoms with Crippen LogP contribution in [0.2, 0.25) is 0 Å². The molecule has 0 aliphatic carbocycles. The van der Waals surface area contributed by atoms with Crippen LogP contribution in [0.25, 0.3) is 0 Å². The first-order valence-electron chi connectivity index (χ1n) is 8.00. The Labute approximate surface area is 146 Å². The second kappa shape index (κ2) is 6.54. The van der Waals surface area contributed by atoms with Crippen molar-refractivity contribution in [1.29, 1.82) is 0 Å². The fourth-order valence-electron chi connectivity index (χ4n) is 3.67. The van der Waals surface area contributed by atoms with Gasteiger partial charge in [-0.25, -0.2) is 17.1 Å². The number of hydrogen-bond donors (Lipinski definition) is 1. The second-order valence-corrected chi connectivity index (χ2v) is 8.73. The Balaban J connectivity index is 1.59. The molecule has 9 heteroatoms. The SMILES string of the molecule is CS(=O)(=O)N1C[C@H]2CN(CCOc3ccc(F)cc3)C[C@@]2(C(=O)O)C1. The molecule has 2 aliphatic rings. The summed E-state index contributed by atoms with van der Waals surface area (Å²) in [5.74, 6) is -0.966. The van der Waals surface area contributed by atoms with E-state index >= 15 is 0 Å². The van der Waals surface area contributed by atoms with Gasteiger partial charge in [-0.3, -0.25) is 9.69 Å². The number of carboxylic acids is 1. The summed E-state index contributed by atoms with van der Waals surface area (Å²) in [6.45, 7) is 1.95. The van der Waals surface area contributed by atoms with Gasteiger partial charge in [-0.2, -0.15) is 0 Å². The number of hydrogen-bond acceptors (Lipinski definition) is 5. The molecule has 1 aromatic carbocycles. The highest BCUT2D eigenvalue weighted by Crippen LogP contribution is 2.43. The molecular weight excluding hydrogens is 351 g/mol. The minimum atomic E-state index is -3.39. The number of nitrogens with zero attached hydrogens (tertiary/aromatic N) is 2. The van der Waals surface area contributed by atoms with Gasteiger partial charge >= 0.3 is 5.97 Å². The zero-order chi connectivity index (χ0) is 18.2. The van der Waals surface area contributed by atoms with E-state index in [1.807, 2.05) is 4.90 Å². The summed E-state index contributed by atoms with van der Waals surface area (Å²) in [5.41, 5.74) is -1.06. The number of likely N-dealkylation sites (tertiary alicyclic amines) is 1. The summed E-state index contributed by atoms with van der Waals surface area (Å²) in [4.78, 5) is 13.8. The monoisotopic (exact) mass is 372 g/mol. The van der Waals surface area contributed by atoms with Crippen molar-refractivity contribution in [3.05, 3.63) is 30.1 Å². The summed E-state index contributed by atoms with van der Waals surface area (Å²) >= 11 is 0. The molecule has 0 aromatic heterocycles. The van der Waals surface area contributed by atoms with Crippen LogP contribution in [-0.4, -0.2) is 74.3 Å². The average molecular weight is 372 g/mol. The van der Waals surface area contributed by atoms with Gasteiger partial charge in [-0.05, 0) is 24.3 Å². The van der Waals surface area contributed by atoms with E-state index in [0.717, 1.165) is 6.26 Å². The standard InChI is InChI=1S/C16H21FN2O5S/c1-25(22,23)19-9-12-8-18(10-16(12,11-19)15(20)21)6-7-24-14-4-2-13(17)3-5-14/h2-5,12H,6-11H2,1H3,(H,20,21)/t12-,16-/m1/s1. The van der Waals surface area contributed by atoms with Gasteiger partial charge in [0.1, 0.15) is 18.2 Å². The third-order valence-electron chi connectivity index (χ3n) is 5.03. The van der Waals surface area contributed by atoms with Crippen LogP contribution in [0.5, 0.6) is 5.75 Å². The third-order valence-corrected chi connectivity index (χ3v) is 6.25. The van der Waals surface area contributed by atoms with Gasteiger partial charge in [0.15, 0.2) is 0 Å². The highest BCUT2D eigenvalue weighted by atomic mass is 32.2. The molecular formula is C16H21FN2O5S. The zero-order valence-electron chi connectivity index (χ0n) is 13.9. The predicted molar refractivity (Wildman–Crippen MR) is 88.3 cm³/mol. The Bertz CT molecular complexity index is 754. The third kappa shape index (κ3) is 3.63. The highest BCUT2D eigenvalue weighted by Gasteiger charge is 2.58. The smallest absolute Gasteiger partial charge is 0.312 e. The fourth-order valence-corrected chi connectivity index (χ4v) is 4.59. The molecule has 0 unspecified atom stereocenters. The van der Waals surface area contributed by atoms with Gasteiger partial charge in [-0.1, -0.05) is 0 Å². The Morgan fingerprint density at radius 3 is 2.56 bits per heavy atom. The summed E-state index contributed by atoms with van der Waals surface area (Å²) in [5, 5.41) is 9.69. The van der Waals surface area contributed by atoms with Crippen molar-refractivity contribution in [2.45, 2.75) is 0 Å². The van der Waals surface area contributed by atoms with E-state index in [1.165, 1.54) is 28.6 Å². The van der Waals surface area contributed by atoms with Crippen LogP contribution in [0.4, 0.5) is 4.39 Å². The van der Waals surface area contributed by atoms with Gasteiger partial charge in [0.05, 0.1) is 11.7 Å². The summed E-state index contributed by atoms with van der Waals surface area (Å²) in [7, 11) is -3.39. The molecule has 1 aromatic rings. The van der Waals surface area contributed by atoms with Crippen LogP contribution < -0.4 is 4.74 Å². The Kier molecular flexibility index (Phi) is 4.74. The summed E-state index contributed by atoms with van der Waals surface area (Å²) < 4.78 is 43.1. The van der Waals surface area contributed by atoms with Crippen molar-refractivity contribution in [3.63, 3.8) is 0 Å².